The summed E-state index contributed by atoms with van der Waals surface area (Å²) in [6.45, 7) is 0.413. The number of nitrogens with one attached hydrogen (secondary N) is 2. The number of benzene rings is 2. The first-order valence-corrected chi connectivity index (χ1v) is 12.1. The van der Waals surface area contributed by atoms with Crippen molar-refractivity contribution in [1.29, 1.82) is 0 Å². The van der Waals surface area contributed by atoms with Crippen molar-refractivity contribution in [3.05, 3.63) is 68.6 Å². The molecule has 2 aromatic carbocycles. The lowest BCUT2D eigenvalue weighted by Gasteiger charge is -2.08. The third-order valence-corrected chi connectivity index (χ3v) is 7.05. The molecule has 1 amide bonds. The lowest BCUT2D eigenvalue weighted by Crippen LogP contribution is -2.27. The van der Waals surface area contributed by atoms with Crippen LogP contribution in [0.2, 0.25) is 5.02 Å². The topological polar surface area (TPSA) is 118 Å². The first-order valence-electron chi connectivity index (χ1n) is 9.02. The highest BCUT2D eigenvalue weighted by Gasteiger charge is 2.18. The van der Waals surface area contributed by atoms with E-state index in [0.717, 1.165) is 27.3 Å². The van der Waals surface area contributed by atoms with Gasteiger partial charge in [0.25, 0.3) is 5.69 Å². The highest BCUT2D eigenvalue weighted by molar-refractivity contribution is 7.90. The summed E-state index contributed by atoms with van der Waals surface area (Å²) in [5.41, 5.74) is -0.187. The maximum Gasteiger partial charge on any atom is 0.293 e. The van der Waals surface area contributed by atoms with Gasteiger partial charge in [-0.25, -0.2) is 8.42 Å². The van der Waals surface area contributed by atoms with Gasteiger partial charge < -0.3 is 10.6 Å². The Morgan fingerprint density at radius 1 is 1.23 bits per heavy atom. The van der Waals surface area contributed by atoms with E-state index in [0.29, 0.717) is 5.02 Å². The molecule has 8 nitrogen and oxygen atoms in total. The molecule has 3 rings (SSSR count). The molecule has 0 bridgehead atoms. The van der Waals surface area contributed by atoms with Crippen molar-refractivity contribution >= 4 is 66.2 Å². The second kappa shape index (κ2) is 9.46. The normalized spacial score (nSPS) is 11.7. The summed E-state index contributed by atoms with van der Waals surface area (Å²) in [6.07, 6.45) is 4.00. The molecular formula is C20H18ClN3O5S2. The van der Waals surface area contributed by atoms with Gasteiger partial charge in [-0.1, -0.05) is 29.8 Å². The average Bonchev–Trinajstić information content (AvgIpc) is 3.04. The van der Waals surface area contributed by atoms with Crippen molar-refractivity contribution in [2.75, 3.05) is 24.7 Å². The minimum absolute atomic E-state index is 0.136. The number of nitro groups is 1. The number of halogens is 1. The van der Waals surface area contributed by atoms with Crippen LogP contribution in [0.1, 0.15) is 4.88 Å². The monoisotopic (exact) mass is 479 g/mol. The lowest BCUT2D eigenvalue weighted by molar-refractivity contribution is -0.384. The van der Waals surface area contributed by atoms with Gasteiger partial charge in [0.05, 0.1) is 14.8 Å². The minimum Gasteiger partial charge on any atom is -0.378 e. The van der Waals surface area contributed by atoms with E-state index in [2.05, 4.69) is 10.6 Å². The predicted molar refractivity (Wildman–Crippen MR) is 124 cm³/mol. The quantitative estimate of drug-likeness (QED) is 0.217. The number of thiophene rings is 1. The molecule has 3 aromatic rings. The van der Waals surface area contributed by atoms with Crippen LogP contribution in [0.5, 0.6) is 0 Å². The summed E-state index contributed by atoms with van der Waals surface area (Å²) in [5.74, 6) is -0.336. The molecule has 0 fully saturated rings. The number of hydrogen-bond acceptors (Lipinski definition) is 7. The highest BCUT2D eigenvalue weighted by Crippen LogP contribution is 2.35. The summed E-state index contributed by atoms with van der Waals surface area (Å²) in [6, 6.07) is 11.3. The number of carbonyl (C=O) groups is 1. The fourth-order valence-corrected chi connectivity index (χ4v) is 4.82. The second-order valence-corrected chi connectivity index (χ2v) is 10.0. The van der Waals surface area contributed by atoms with E-state index in [-0.39, 0.29) is 35.3 Å². The van der Waals surface area contributed by atoms with Gasteiger partial charge in [0.1, 0.15) is 5.69 Å². The van der Waals surface area contributed by atoms with Crippen molar-refractivity contribution in [1.82, 2.24) is 5.32 Å². The third-order valence-electron chi connectivity index (χ3n) is 4.28. The standard InChI is InChI=1S/C20H18ClN3O5S2/c1-31(28,29)13-6-7-15(16(12-13)24(26)27)22-10-11-23-19(25)9-8-18-20(21)14-4-2-3-5-17(14)30-18/h2-9,12,22H,10-11H2,1H3,(H,23,25)/b9-8+. The summed E-state index contributed by atoms with van der Waals surface area (Å²) < 4.78 is 24.2. The first kappa shape index (κ1) is 22.7. The molecule has 0 atom stereocenters. The Kier molecular flexibility index (Phi) is 6.94. The van der Waals surface area contributed by atoms with Gasteiger partial charge in [-0.15, -0.1) is 11.3 Å². The summed E-state index contributed by atoms with van der Waals surface area (Å²) in [5, 5.41) is 18.3. The number of anilines is 1. The van der Waals surface area contributed by atoms with Gasteiger partial charge in [0.2, 0.25) is 5.91 Å². The van der Waals surface area contributed by atoms with Crippen molar-refractivity contribution in [2.24, 2.45) is 0 Å². The van der Waals surface area contributed by atoms with Crippen LogP contribution >= 0.6 is 22.9 Å². The number of nitrogens with zero attached hydrogens (tertiary/aromatic N) is 1. The Labute approximate surface area is 187 Å². The SMILES string of the molecule is CS(=O)(=O)c1ccc(NCCNC(=O)/C=C/c2sc3ccccc3c2Cl)c([N+](=O)[O-])c1. The van der Waals surface area contributed by atoms with Crippen LogP contribution in [0.4, 0.5) is 11.4 Å². The fourth-order valence-electron chi connectivity index (χ4n) is 2.78. The van der Waals surface area contributed by atoms with Crippen LogP contribution in [0, 0.1) is 10.1 Å². The zero-order valence-electron chi connectivity index (χ0n) is 16.3. The lowest BCUT2D eigenvalue weighted by atomic mass is 10.2. The molecule has 1 aromatic heterocycles. The Bertz CT molecular complexity index is 1290. The molecule has 0 aliphatic carbocycles. The molecule has 0 radical (unpaired) electrons. The molecule has 1 heterocycles. The molecule has 31 heavy (non-hydrogen) atoms. The number of amides is 1. The zero-order valence-corrected chi connectivity index (χ0v) is 18.7. The number of fused-ring (bicyclic) bond motifs is 1. The molecule has 2 N–H and O–H groups in total. The molecule has 0 aliphatic heterocycles. The molecule has 0 saturated heterocycles. The van der Waals surface area contributed by atoms with E-state index in [9.17, 15) is 23.3 Å². The number of hydrogen-bond donors (Lipinski definition) is 2. The van der Waals surface area contributed by atoms with Crippen LogP contribution in [-0.4, -0.2) is 38.6 Å². The maximum absolute atomic E-state index is 12.0. The Morgan fingerprint density at radius 3 is 2.65 bits per heavy atom. The van der Waals surface area contributed by atoms with Crippen LogP contribution in [-0.2, 0) is 14.6 Å². The zero-order chi connectivity index (χ0) is 22.6. The van der Waals surface area contributed by atoms with E-state index in [1.54, 1.807) is 6.08 Å². The largest absolute Gasteiger partial charge is 0.378 e. The van der Waals surface area contributed by atoms with Crippen LogP contribution in [0.3, 0.4) is 0 Å². The van der Waals surface area contributed by atoms with E-state index < -0.39 is 14.8 Å². The number of rotatable bonds is 8. The van der Waals surface area contributed by atoms with Gasteiger partial charge in [0, 0.05) is 46.5 Å². The maximum atomic E-state index is 12.0. The Morgan fingerprint density at radius 2 is 1.97 bits per heavy atom. The summed E-state index contributed by atoms with van der Waals surface area (Å²) in [4.78, 5) is 23.3. The molecule has 0 aliphatic rings. The van der Waals surface area contributed by atoms with E-state index >= 15 is 0 Å². The molecular weight excluding hydrogens is 462 g/mol. The van der Waals surface area contributed by atoms with E-state index in [1.807, 2.05) is 24.3 Å². The summed E-state index contributed by atoms with van der Waals surface area (Å²) in [7, 11) is -3.56. The van der Waals surface area contributed by atoms with Crippen molar-refractivity contribution in [2.45, 2.75) is 4.90 Å². The third kappa shape index (κ3) is 5.60. The Balaban J connectivity index is 1.57. The van der Waals surface area contributed by atoms with Crippen LogP contribution < -0.4 is 10.6 Å². The smallest absolute Gasteiger partial charge is 0.293 e. The summed E-state index contributed by atoms with van der Waals surface area (Å²) >= 11 is 7.82. The Hall–Kier alpha value is -2.95. The van der Waals surface area contributed by atoms with Gasteiger partial charge in [-0.05, 0) is 24.3 Å². The van der Waals surface area contributed by atoms with Crippen LogP contribution in [0.15, 0.2) is 53.4 Å². The van der Waals surface area contributed by atoms with E-state index in [1.165, 1.54) is 29.5 Å². The molecule has 0 saturated carbocycles. The van der Waals surface area contributed by atoms with Gasteiger partial charge in [-0.2, -0.15) is 0 Å². The highest BCUT2D eigenvalue weighted by atomic mass is 35.5. The van der Waals surface area contributed by atoms with Gasteiger partial charge >= 0.3 is 0 Å². The van der Waals surface area contributed by atoms with E-state index in [4.69, 9.17) is 11.6 Å². The second-order valence-electron chi connectivity index (χ2n) is 6.54. The molecule has 162 valence electrons. The van der Waals surface area contributed by atoms with Crippen molar-refractivity contribution in [3.8, 4) is 0 Å². The van der Waals surface area contributed by atoms with Crippen LogP contribution in [0.25, 0.3) is 16.2 Å². The van der Waals surface area contributed by atoms with Gasteiger partial charge in [-0.3, -0.25) is 14.9 Å². The minimum atomic E-state index is -3.56. The number of carbonyl (C=O) groups excluding carboxylic acids is 1. The predicted octanol–water partition coefficient (Wildman–Crippen LogP) is 4.11. The number of sulfone groups is 1. The molecule has 11 heteroatoms. The molecule has 0 spiro atoms. The number of nitro benzene ring substituents is 1. The van der Waals surface area contributed by atoms with Gasteiger partial charge in [0.15, 0.2) is 9.84 Å². The average molecular weight is 480 g/mol. The first-order chi connectivity index (χ1) is 14.7. The molecule has 0 unspecified atom stereocenters. The fraction of sp³-hybridized carbons (Fsp3) is 0.150. The van der Waals surface area contributed by atoms with Crippen molar-refractivity contribution in [3.63, 3.8) is 0 Å². The van der Waals surface area contributed by atoms with Crippen molar-refractivity contribution < 1.29 is 18.1 Å².